The van der Waals surface area contributed by atoms with Gasteiger partial charge >= 0.3 is 16.3 Å². The molecule has 0 aliphatic carbocycles. The lowest BCUT2D eigenvalue weighted by atomic mass is 10.2. The topological polar surface area (TPSA) is 192 Å². The lowest BCUT2D eigenvalue weighted by Gasteiger charge is -2.35. The molecule has 1 aromatic carbocycles. The van der Waals surface area contributed by atoms with Gasteiger partial charge in [0.05, 0.1) is 16.7 Å². The number of hydrogen-bond donors (Lipinski definition) is 5. The molecule has 2 rings (SSSR count). The fourth-order valence-corrected chi connectivity index (χ4v) is 4.78. The summed E-state index contributed by atoms with van der Waals surface area (Å²) in [4.78, 5) is 17.6. The third-order valence-corrected chi connectivity index (χ3v) is 11.5. The minimum atomic E-state index is -4.55. The molecule has 18 heteroatoms. The molecule has 0 bridgehead atoms. The first kappa shape index (κ1) is 29.6. The van der Waals surface area contributed by atoms with Gasteiger partial charge in [0.1, 0.15) is 5.82 Å². The fourth-order valence-electron chi connectivity index (χ4n) is 2.22. The van der Waals surface area contributed by atoms with Crippen molar-refractivity contribution in [3.05, 3.63) is 34.2 Å². The first-order chi connectivity index (χ1) is 16.6. The summed E-state index contributed by atoms with van der Waals surface area (Å²) in [5.41, 5.74) is 1.96. The number of amidine groups is 1. The van der Waals surface area contributed by atoms with Crippen molar-refractivity contribution in [3.8, 4) is 0 Å². The number of halogens is 2. The summed E-state index contributed by atoms with van der Waals surface area (Å²) in [6, 6.07) is 3.84. The number of nitrogens with one attached hydrogen (secondary N) is 3. The molecule has 1 aromatic heterocycles. The largest absolute Gasteiger partial charge is 0.464 e. The van der Waals surface area contributed by atoms with Crippen LogP contribution in [0, 0.1) is 5.82 Å². The first-order valence-corrected chi connectivity index (χ1v) is 15.4. The van der Waals surface area contributed by atoms with Gasteiger partial charge in [-0.1, -0.05) is 25.7 Å². The van der Waals surface area contributed by atoms with E-state index in [2.05, 4.69) is 41.2 Å². The van der Waals surface area contributed by atoms with E-state index in [1.165, 1.54) is 12.1 Å². The highest BCUT2D eigenvalue weighted by Crippen LogP contribution is 2.36. The van der Waals surface area contributed by atoms with Gasteiger partial charge in [-0.2, -0.15) is 12.7 Å². The molecular weight excluding hydrogens is 585 g/mol. The maximum atomic E-state index is 13.5. The summed E-state index contributed by atoms with van der Waals surface area (Å²) in [7, 11) is -7.11. The highest BCUT2D eigenvalue weighted by atomic mass is 79.9. The molecular formula is C18H27BrFN7O7SSi. The molecule has 14 nitrogen and oxygen atoms in total. The van der Waals surface area contributed by atoms with Gasteiger partial charge in [-0.05, 0) is 62.6 Å². The standard InChI is InChI=1S/C18H27BrFN7O7SSi/c1-18(2,3)36(4,5)34-26-35(31,32)27(17(28)29)9-8-21-15-14(24-33-25-15)16(23-30)22-11-6-7-13(20)12(19)10-11/h6-7,10,26,30H,8-9H2,1-5H3,(H,21,25)(H,22,23)(H,28,29). The minimum absolute atomic E-state index is 0.0790. The van der Waals surface area contributed by atoms with Crippen LogP contribution in [0.25, 0.3) is 0 Å². The summed E-state index contributed by atoms with van der Waals surface area (Å²) in [6.45, 7) is 8.47. The van der Waals surface area contributed by atoms with Crippen molar-refractivity contribution in [1.29, 1.82) is 0 Å². The molecule has 5 N–H and O–H groups in total. The summed E-state index contributed by atoms with van der Waals surface area (Å²) in [6.07, 6.45) is -1.73. The number of benzene rings is 1. The Hall–Kier alpha value is -2.64. The second-order valence-electron chi connectivity index (χ2n) is 8.86. The van der Waals surface area contributed by atoms with Crippen LogP contribution in [0.15, 0.2) is 32.3 Å². The summed E-state index contributed by atoms with van der Waals surface area (Å²) < 4.78 is 49.0. The van der Waals surface area contributed by atoms with Crippen LogP contribution >= 0.6 is 15.9 Å². The van der Waals surface area contributed by atoms with Crippen LogP contribution in [-0.2, 0) is 14.7 Å². The number of carbonyl (C=O) groups is 1. The average molecular weight is 613 g/mol. The van der Waals surface area contributed by atoms with Gasteiger partial charge in [0.25, 0.3) is 0 Å². The monoisotopic (exact) mass is 611 g/mol. The Balaban J connectivity index is 2.13. The van der Waals surface area contributed by atoms with Crippen LogP contribution < -0.4 is 15.7 Å². The highest BCUT2D eigenvalue weighted by Gasteiger charge is 2.40. The Labute approximate surface area is 216 Å². The van der Waals surface area contributed by atoms with Crippen molar-refractivity contribution in [1.82, 2.24) is 25.0 Å². The number of rotatable bonds is 10. The number of hydroxylamine groups is 1. The first-order valence-electron chi connectivity index (χ1n) is 10.3. The molecule has 0 saturated heterocycles. The average Bonchev–Trinajstić information content (AvgIpc) is 3.23. The van der Waals surface area contributed by atoms with Crippen LogP contribution in [-0.4, -0.2) is 66.7 Å². The smallest absolute Gasteiger partial charge is 0.422 e. The molecule has 0 aliphatic rings. The number of amides is 1. The third-order valence-electron chi connectivity index (χ3n) is 5.28. The Kier molecular flexibility index (Phi) is 9.54. The summed E-state index contributed by atoms with van der Waals surface area (Å²) in [5, 5.41) is 28.5. The normalized spacial score (nSPS) is 12.9. The van der Waals surface area contributed by atoms with Crippen LogP contribution in [0.3, 0.4) is 0 Å². The van der Waals surface area contributed by atoms with Crippen molar-refractivity contribution in [3.63, 3.8) is 0 Å². The Morgan fingerprint density at radius 1 is 1.33 bits per heavy atom. The lowest BCUT2D eigenvalue weighted by molar-refractivity contribution is 0.167. The minimum Gasteiger partial charge on any atom is -0.464 e. The van der Waals surface area contributed by atoms with Gasteiger partial charge in [-0.15, -0.1) is 0 Å². The third kappa shape index (κ3) is 7.43. The zero-order valence-electron chi connectivity index (χ0n) is 20.0. The molecule has 2 aromatic rings. The number of hydrogen-bond acceptors (Lipinski definition) is 10. The fraction of sp³-hybridized carbons (Fsp3) is 0.444. The van der Waals surface area contributed by atoms with Crippen LogP contribution in [0.1, 0.15) is 26.5 Å². The maximum absolute atomic E-state index is 13.5. The molecule has 0 spiro atoms. The van der Waals surface area contributed by atoms with Crippen molar-refractivity contribution >= 4 is 57.9 Å². The van der Waals surface area contributed by atoms with Crippen molar-refractivity contribution in [2.75, 3.05) is 18.4 Å². The van der Waals surface area contributed by atoms with E-state index in [1.54, 1.807) is 13.1 Å². The SMILES string of the molecule is CC(C)(C)[Si](C)(C)ONS(=O)(=O)N(CCNc1nonc1C(=Nc1ccc(F)c(Br)c1)NO)C(=O)O. The van der Waals surface area contributed by atoms with E-state index in [4.69, 9.17) is 4.53 Å². The maximum Gasteiger partial charge on any atom is 0.422 e. The number of anilines is 1. The van der Waals surface area contributed by atoms with Gasteiger partial charge in [0.2, 0.25) is 14.1 Å². The molecule has 0 saturated carbocycles. The highest BCUT2D eigenvalue weighted by molar-refractivity contribution is 9.10. The van der Waals surface area contributed by atoms with E-state index in [0.717, 1.165) is 6.07 Å². The van der Waals surface area contributed by atoms with E-state index >= 15 is 0 Å². The Morgan fingerprint density at radius 2 is 2.00 bits per heavy atom. The van der Waals surface area contributed by atoms with Crippen molar-refractivity contribution in [2.24, 2.45) is 4.99 Å². The zero-order chi connectivity index (χ0) is 27.3. The second kappa shape index (κ2) is 11.6. The number of aliphatic imine (C=N–C) groups is 1. The molecule has 1 heterocycles. The van der Waals surface area contributed by atoms with Gasteiger partial charge in [0.15, 0.2) is 11.5 Å². The molecule has 0 radical (unpaired) electrons. The molecule has 36 heavy (non-hydrogen) atoms. The predicted molar refractivity (Wildman–Crippen MR) is 133 cm³/mol. The van der Waals surface area contributed by atoms with Gasteiger partial charge in [-0.25, -0.2) is 18.8 Å². The summed E-state index contributed by atoms with van der Waals surface area (Å²) in [5.74, 6) is -0.825. The van der Waals surface area contributed by atoms with E-state index in [-0.39, 0.29) is 43.4 Å². The second-order valence-corrected chi connectivity index (χ2v) is 16.0. The quantitative estimate of drug-likeness (QED) is 0.115. The zero-order valence-corrected chi connectivity index (χ0v) is 23.4. The van der Waals surface area contributed by atoms with E-state index in [1.807, 2.05) is 31.1 Å². The van der Waals surface area contributed by atoms with Crippen molar-refractivity contribution in [2.45, 2.75) is 38.9 Å². The molecule has 0 unspecified atom stereocenters. The van der Waals surface area contributed by atoms with E-state index in [0.29, 0.717) is 0 Å². The molecule has 0 fully saturated rings. The Morgan fingerprint density at radius 3 is 2.56 bits per heavy atom. The van der Waals surface area contributed by atoms with Crippen molar-refractivity contribution < 1.29 is 37.1 Å². The molecule has 200 valence electrons. The van der Waals surface area contributed by atoms with E-state index in [9.17, 15) is 27.9 Å². The van der Waals surface area contributed by atoms with Crippen LogP contribution in [0.4, 0.5) is 20.7 Å². The number of nitrogens with zero attached hydrogens (tertiary/aromatic N) is 4. The molecule has 0 atom stereocenters. The predicted octanol–water partition coefficient (Wildman–Crippen LogP) is 3.19. The number of aromatic nitrogens is 2. The molecule has 1 amide bonds. The van der Waals surface area contributed by atoms with Crippen LogP contribution in [0.5, 0.6) is 0 Å². The van der Waals surface area contributed by atoms with Crippen LogP contribution in [0.2, 0.25) is 18.1 Å². The lowest BCUT2D eigenvalue weighted by Crippen LogP contribution is -2.52. The number of carboxylic acid groups (broad SMARTS) is 1. The van der Waals surface area contributed by atoms with Gasteiger partial charge in [0, 0.05) is 6.54 Å². The van der Waals surface area contributed by atoms with Gasteiger partial charge in [-0.3, -0.25) is 10.7 Å². The molecule has 0 aliphatic heterocycles. The van der Waals surface area contributed by atoms with E-state index < -0.39 is 37.0 Å². The Bertz CT molecular complexity index is 1220. The summed E-state index contributed by atoms with van der Waals surface area (Å²) >= 11 is 3.03. The van der Waals surface area contributed by atoms with Gasteiger partial charge < -0.3 is 15.0 Å².